The fourth-order valence-electron chi connectivity index (χ4n) is 3.49. The van der Waals surface area contributed by atoms with E-state index >= 15 is 0 Å². The number of hydrogen-bond donors (Lipinski definition) is 0. The van der Waals surface area contributed by atoms with Crippen LogP contribution >= 0.6 is 22.9 Å². The highest BCUT2D eigenvalue weighted by molar-refractivity contribution is 7.19. The number of benzene rings is 1. The van der Waals surface area contributed by atoms with E-state index in [1.165, 1.54) is 0 Å². The Labute approximate surface area is 169 Å². The van der Waals surface area contributed by atoms with E-state index in [1.54, 1.807) is 11.3 Å². The molecule has 4 nitrogen and oxygen atoms in total. The Hall–Kier alpha value is -1.69. The summed E-state index contributed by atoms with van der Waals surface area (Å²) in [5.41, 5.74) is 3.08. The van der Waals surface area contributed by atoms with Crippen LogP contribution in [0.15, 0.2) is 23.0 Å². The van der Waals surface area contributed by atoms with Crippen LogP contribution in [0.2, 0.25) is 5.02 Å². The zero-order valence-electron chi connectivity index (χ0n) is 16.6. The maximum atomic E-state index is 13.4. The molecule has 0 atom stereocenters. The molecule has 0 spiro atoms. The summed E-state index contributed by atoms with van der Waals surface area (Å²) in [6, 6.07) is 5.94. The largest absolute Gasteiger partial charge is 0.302 e. The van der Waals surface area contributed by atoms with E-state index in [1.807, 2.05) is 30.5 Å². The molecular weight excluding hydrogens is 378 g/mol. The summed E-state index contributed by atoms with van der Waals surface area (Å²) in [4.78, 5) is 22.4. The molecule has 3 aromatic rings. The summed E-state index contributed by atoms with van der Waals surface area (Å²) in [5.74, 6) is 0.778. The van der Waals surface area contributed by atoms with Gasteiger partial charge in [-0.25, -0.2) is 4.98 Å². The van der Waals surface area contributed by atoms with Crippen LogP contribution in [-0.4, -0.2) is 34.1 Å². The third-order valence-corrected chi connectivity index (χ3v) is 6.58. The lowest BCUT2D eigenvalue weighted by molar-refractivity contribution is 0.288. The Morgan fingerprint density at radius 1 is 1.19 bits per heavy atom. The van der Waals surface area contributed by atoms with E-state index < -0.39 is 0 Å². The fraction of sp³-hybridized carbons (Fsp3) is 0.429. The van der Waals surface area contributed by atoms with Crippen molar-refractivity contribution in [2.45, 2.75) is 41.2 Å². The van der Waals surface area contributed by atoms with Gasteiger partial charge in [-0.1, -0.05) is 31.5 Å². The van der Waals surface area contributed by atoms with Gasteiger partial charge in [-0.05, 0) is 57.1 Å². The Balaban J connectivity index is 2.16. The molecule has 0 aliphatic rings. The lowest BCUT2D eigenvalue weighted by Crippen LogP contribution is -2.32. The number of fused-ring (bicyclic) bond motifs is 1. The molecule has 2 heterocycles. The van der Waals surface area contributed by atoms with Gasteiger partial charge >= 0.3 is 0 Å². The van der Waals surface area contributed by atoms with Gasteiger partial charge in [0, 0.05) is 28.6 Å². The van der Waals surface area contributed by atoms with Gasteiger partial charge in [0.25, 0.3) is 5.56 Å². The van der Waals surface area contributed by atoms with Crippen LogP contribution < -0.4 is 5.56 Å². The molecule has 2 aromatic heterocycles. The first kappa shape index (κ1) is 20.1. The van der Waals surface area contributed by atoms with Crippen molar-refractivity contribution in [3.05, 3.63) is 49.8 Å². The van der Waals surface area contributed by atoms with Gasteiger partial charge in [0.1, 0.15) is 10.7 Å². The molecule has 0 unspecified atom stereocenters. The summed E-state index contributed by atoms with van der Waals surface area (Å²) in [7, 11) is 0. The van der Waals surface area contributed by atoms with Crippen molar-refractivity contribution in [3.8, 4) is 11.1 Å². The van der Waals surface area contributed by atoms with Crippen LogP contribution in [-0.2, 0) is 6.54 Å². The van der Waals surface area contributed by atoms with Gasteiger partial charge < -0.3 is 4.90 Å². The van der Waals surface area contributed by atoms with E-state index in [-0.39, 0.29) is 5.56 Å². The smallest absolute Gasteiger partial charge is 0.262 e. The Bertz CT molecular complexity index is 1030. The third kappa shape index (κ3) is 3.82. The summed E-state index contributed by atoms with van der Waals surface area (Å²) < 4.78 is 1.82. The number of halogens is 1. The van der Waals surface area contributed by atoms with Crippen molar-refractivity contribution in [2.24, 2.45) is 0 Å². The van der Waals surface area contributed by atoms with Gasteiger partial charge in [0.05, 0.1) is 5.39 Å². The minimum Gasteiger partial charge on any atom is -0.302 e. The highest BCUT2D eigenvalue weighted by atomic mass is 35.5. The van der Waals surface area contributed by atoms with Crippen LogP contribution in [0.25, 0.3) is 21.3 Å². The van der Waals surface area contributed by atoms with Crippen LogP contribution in [0, 0.1) is 20.8 Å². The van der Waals surface area contributed by atoms with Crippen LogP contribution in [0.1, 0.15) is 30.1 Å². The molecule has 27 heavy (non-hydrogen) atoms. The predicted octanol–water partition coefficient (Wildman–Crippen LogP) is 5.05. The third-order valence-electron chi connectivity index (χ3n) is 5.16. The molecule has 0 radical (unpaired) electrons. The molecule has 6 heteroatoms. The number of thiophene rings is 1. The SMILES string of the molecule is CCN(CC)CCn1c(C)nc2sc(C)c(-c3ccc(Cl)c(C)c3)c2c1=O. The highest BCUT2D eigenvalue weighted by Crippen LogP contribution is 2.36. The number of nitrogens with zero attached hydrogens (tertiary/aromatic N) is 3. The van der Waals surface area contributed by atoms with E-state index in [4.69, 9.17) is 16.6 Å². The predicted molar refractivity (Wildman–Crippen MR) is 116 cm³/mol. The maximum Gasteiger partial charge on any atom is 0.262 e. The van der Waals surface area contributed by atoms with Gasteiger partial charge in [-0.3, -0.25) is 9.36 Å². The van der Waals surface area contributed by atoms with E-state index in [9.17, 15) is 4.79 Å². The van der Waals surface area contributed by atoms with Crippen LogP contribution in [0.4, 0.5) is 0 Å². The van der Waals surface area contributed by atoms with Gasteiger partial charge in [-0.15, -0.1) is 11.3 Å². The van der Waals surface area contributed by atoms with Crippen LogP contribution in [0.5, 0.6) is 0 Å². The Morgan fingerprint density at radius 3 is 2.52 bits per heavy atom. The molecule has 0 fully saturated rings. The lowest BCUT2D eigenvalue weighted by atomic mass is 10.0. The molecule has 0 saturated carbocycles. The van der Waals surface area contributed by atoms with Crippen LogP contribution in [0.3, 0.4) is 0 Å². The van der Waals surface area contributed by atoms with Gasteiger partial charge in [0.15, 0.2) is 0 Å². The molecule has 0 aliphatic heterocycles. The topological polar surface area (TPSA) is 38.1 Å². The standard InChI is InChI=1S/C21H26ClN3OS/c1-6-24(7-2)10-11-25-15(5)23-20-19(21(25)26)18(14(4)27-20)16-8-9-17(22)13(3)12-16/h8-9,12H,6-7,10-11H2,1-5H3. The van der Waals surface area contributed by atoms with Crippen molar-refractivity contribution in [1.29, 1.82) is 0 Å². The van der Waals surface area contributed by atoms with Crippen molar-refractivity contribution < 1.29 is 0 Å². The minimum atomic E-state index is 0.0524. The first-order valence-electron chi connectivity index (χ1n) is 9.36. The second-order valence-corrected chi connectivity index (χ2v) is 8.43. The van der Waals surface area contributed by atoms with Gasteiger partial charge in [-0.2, -0.15) is 0 Å². The maximum absolute atomic E-state index is 13.4. The molecule has 0 N–H and O–H groups in total. The number of rotatable bonds is 6. The number of aryl methyl sites for hydroxylation is 3. The molecular formula is C21H26ClN3OS. The molecule has 0 bridgehead atoms. The van der Waals surface area contributed by atoms with Crippen molar-refractivity contribution in [1.82, 2.24) is 14.5 Å². The average Bonchev–Trinajstić information content (AvgIpc) is 2.96. The monoisotopic (exact) mass is 403 g/mol. The molecule has 1 aromatic carbocycles. The summed E-state index contributed by atoms with van der Waals surface area (Å²) >= 11 is 7.78. The zero-order valence-corrected chi connectivity index (χ0v) is 18.2. The highest BCUT2D eigenvalue weighted by Gasteiger charge is 2.19. The van der Waals surface area contributed by atoms with E-state index in [2.05, 4.69) is 31.7 Å². The quantitative estimate of drug-likeness (QED) is 0.578. The molecule has 0 aliphatic carbocycles. The first-order valence-corrected chi connectivity index (χ1v) is 10.6. The van der Waals surface area contributed by atoms with E-state index in [0.717, 1.165) is 62.3 Å². The Morgan fingerprint density at radius 2 is 1.89 bits per heavy atom. The molecule has 3 rings (SSSR count). The van der Waals surface area contributed by atoms with E-state index in [0.29, 0.717) is 6.54 Å². The summed E-state index contributed by atoms with van der Waals surface area (Å²) in [6.07, 6.45) is 0. The first-order chi connectivity index (χ1) is 12.9. The fourth-order valence-corrected chi connectivity index (χ4v) is 4.69. The van der Waals surface area contributed by atoms with Gasteiger partial charge in [0.2, 0.25) is 0 Å². The molecule has 144 valence electrons. The van der Waals surface area contributed by atoms with Crippen molar-refractivity contribution in [3.63, 3.8) is 0 Å². The minimum absolute atomic E-state index is 0.0524. The number of likely N-dealkylation sites (N-methyl/N-ethyl adjacent to an activating group) is 1. The summed E-state index contributed by atoms with van der Waals surface area (Å²) in [5, 5.41) is 1.46. The van der Waals surface area contributed by atoms with Crippen molar-refractivity contribution in [2.75, 3.05) is 19.6 Å². The zero-order chi connectivity index (χ0) is 19.7. The molecule has 0 saturated heterocycles. The number of aromatic nitrogens is 2. The molecule has 0 amide bonds. The summed E-state index contributed by atoms with van der Waals surface area (Å²) in [6.45, 7) is 13.7. The van der Waals surface area contributed by atoms with Crippen molar-refractivity contribution >= 4 is 33.2 Å². The number of hydrogen-bond acceptors (Lipinski definition) is 4. The normalized spacial score (nSPS) is 11.7. The Kier molecular flexibility index (Phi) is 6.04. The average molecular weight is 404 g/mol. The lowest BCUT2D eigenvalue weighted by Gasteiger charge is -2.19. The second kappa shape index (κ2) is 8.13. The second-order valence-electron chi connectivity index (χ2n) is 6.82.